The monoisotopic (exact) mass is 221 g/mol. The highest BCUT2D eigenvalue weighted by Gasteiger charge is 2.19. The summed E-state index contributed by atoms with van der Waals surface area (Å²) in [6, 6.07) is 0.791. The number of alkyl halides is 2. The first-order chi connectivity index (χ1) is 7.29. The third-order valence-electron chi connectivity index (χ3n) is 2.47. The first-order valence-electron chi connectivity index (χ1n) is 5.88. The summed E-state index contributed by atoms with van der Waals surface area (Å²) in [4.78, 5) is 0. The Morgan fingerprint density at radius 3 is 2.53 bits per heavy atom. The molecule has 1 rings (SSSR count). The van der Waals surface area contributed by atoms with Crippen molar-refractivity contribution in [1.29, 1.82) is 0 Å². The highest BCUT2D eigenvalue weighted by Crippen LogP contribution is 2.18. The fourth-order valence-corrected chi connectivity index (χ4v) is 1.45. The summed E-state index contributed by atoms with van der Waals surface area (Å²) in [7, 11) is 0. The normalized spacial score (nSPS) is 16.2. The molecule has 0 aliphatic heterocycles. The van der Waals surface area contributed by atoms with Crippen LogP contribution < -0.4 is 5.32 Å². The van der Waals surface area contributed by atoms with Crippen LogP contribution in [0.4, 0.5) is 8.78 Å². The Bertz CT molecular complexity index is 144. The van der Waals surface area contributed by atoms with Crippen molar-refractivity contribution in [1.82, 2.24) is 5.32 Å². The Labute approximate surface area is 90.4 Å². The molecule has 0 aromatic heterocycles. The Morgan fingerprint density at radius 2 is 1.87 bits per heavy atom. The lowest BCUT2D eigenvalue weighted by Gasteiger charge is -2.04. The van der Waals surface area contributed by atoms with Gasteiger partial charge in [-0.1, -0.05) is 12.8 Å². The number of hydrogen-bond acceptors (Lipinski definition) is 2. The van der Waals surface area contributed by atoms with E-state index in [-0.39, 0.29) is 0 Å². The van der Waals surface area contributed by atoms with E-state index in [1.54, 1.807) is 0 Å². The summed E-state index contributed by atoms with van der Waals surface area (Å²) in [6.45, 7) is 1.16. The first-order valence-corrected chi connectivity index (χ1v) is 5.88. The minimum atomic E-state index is -2.33. The number of ether oxygens (including phenoxy) is 1. The third kappa shape index (κ3) is 8.75. The van der Waals surface area contributed by atoms with Gasteiger partial charge < -0.3 is 10.1 Å². The molecule has 0 unspecified atom stereocenters. The molecule has 0 saturated heterocycles. The molecule has 0 amide bonds. The summed E-state index contributed by atoms with van der Waals surface area (Å²) in [6.07, 6.45) is 4.67. The van der Waals surface area contributed by atoms with Gasteiger partial charge in [0.1, 0.15) is 6.61 Å². The van der Waals surface area contributed by atoms with Gasteiger partial charge in [-0.05, 0) is 32.2 Å². The molecule has 1 aliphatic rings. The Kier molecular flexibility index (Phi) is 6.85. The van der Waals surface area contributed by atoms with Crippen molar-refractivity contribution in [3.05, 3.63) is 0 Å². The molecule has 1 aliphatic carbocycles. The average Bonchev–Trinajstić information content (AvgIpc) is 2.98. The summed E-state index contributed by atoms with van der Waals surface area (Å²) in [5, 5.41) is 3.44. The van der Waals surface area contributed by atoms with Crippen LogP contribution in [0.1, 0.15) is 38.5 Å². The number of nitrogens with one attached hydrogen (secondary N) is 1. The molecule has 15 heavy (non-hydrogen) atoms. The van der Waals surface area contributed by atoms with Crippen LogP contribution in [0.15, 0.2) is 0 Å². The molecular weight excluding hydrogens is 200 g/mol. The van der Waals surface area contributed by atoms with Crippen molar-refractivity contribution in [2.45, 2.75) is 51.0 Å². The number of halogens is 2. The van der Waals surface area contributed by atoms with Crippen molar-refractivity contribution < 1.29 is 13.5 Å². The standard InChI is InChI=1S/C11H21F2NO/c12-11(13)9-15-8-4-2-1-3-7-14-10-5-6-10/h10-11,14H,1-9H2. The van der Waals surface area contributed by atoms with Crippen LogP contribution in [0.5, 0.6) is 0 Å². The van der Waals surface area contributed by atoms with E-state index >= 15 is 0 Å². The third-order valence-corrected chi connectivity index (χ3v) is 2.47. The Hall–Kier alpha value is -0.220. The summed E-state index contributed by atoms with van der Waals surface area (Å²) in [5.41, 5.74) is 0. The molecule has 0 atom stereocenters. The predicted molar refractivity (Wildman–Crippen MR) is 56.3 cm³/mol. The zero-order valence-electron chi connectivity index (χ0n) is 9.18. The van der Waals surface area contributed by atoms with Crippen molar-refractivity contribution in [2.24, 2.45) is 0 Å². The van der Waals surface area contributed by atoms with E-state index in [2.05, 4.69) is 5.32 Å². The second-order valence-corrected chi connectivity index (χ2v) is 4.11. The second kappa shape index (κ2) is 7.99. The van der Waals surface area contributed by atoms with E-state index in [1.807, 2.05) is 0 Å². The lowest BCUT2D eigenvalue weighted by atomic mass is 10.2. The second-order valence-electron chi connectivity index (χ2n) is 4.11. The summed E-state index contributed by atoms with van der Waals surface area (Å²) in [5.74, 6) is 0. The lowest BCUT2D eigenvalue weighted by molar-refractivity contribution is 0.0162. The van der Waals surface area contributed by atoms with E-state index in [0.717, 1.165) is 31.8 Å². The topological polar surface area (TPSA) is 21.3 Å². The van der Waals surface area contributed by atoms with E-state index in [1.165, 1.54) is 19.3 Å². The molecule has 1 fully saturated rings. The lowest BCUT2D eigenvalue weighted by Crippen LogP contribution is -2.17. The molecule has 0 bridgehead atoms. The van der Waals surface area contributed by atoms with Gasteiger partial charge in [-0.3, -0.25) is 0 Å². The average molecular weight is 221 g/mol. The SMILES string of the molecule is FC(F)COCCCCCCNC1CC1. The Balaban J connectivity index is 1.65. The molecule has 1 saturated carbocycles. The first kappa shape index (κ1) is 12.8. The maximum absolute atomic E-state index is 11.7. The van der Waals surface area contributed by atoms with Crippen LogP contribution in [-0.4, -0.2) is 32.2 Å². The number of unbranched alkanes of at least 4 members (excludes halogenated alkanes) is 3. The maximum Gasteiger partial charge on any atom is 0.261 e. The van der Waals surface area contributed by atoms with Crippen LogP contribution in [-0.2, 0) is 4.74 Å². The smallest absolute Gasteiger partial charge is 0.261 e. The van der Waals surface area contributed by atoms with Crippen LogP contribution >= 0.6 is 0 Å². The minimum absolute atomic E-state index is 0.413. The van der Waals surface area contributed by atoms with E-state index in [4.69, 9.17) is 4.74 Å². The van der Waals surface area contributed by atoms with Crippen molar-refractivity contribution in [3.8, 4) is 0 Å². The quantitative estimate of drug-likeness (QED) is 0.572. The molecule has 0 aromatic rings. The fourth-order valence-electron chi connectivity index (χ4n) is 1.45. The van der Waals surface area contributed by atoms with Gasteiger partial charge in [-0.25, -0.2) is 8.78 Å². The largest absolute Gasteiger partial charge is 0.376 e. The summed E-state index contributed by atoms with van der Waals surface area (Å²) >= 11 is 0. The predicted octanol–water partition coefficient (Wildman–Crippen LogP) is 2.58. The zero-order valence-corrected chi connectivity index (χ0v) is 9.18. The molecule has 90 valence electrons. The minimum Gasteiger partial charge on any atom is -0.376 e. The van der Waals surface area contributed by atoms with Gasteiger partial charge in [0, 0.05) is 12.6 Å². The van der Waals surface area contributed by atoms with Crippen molar-refractivity contribution >= 4 is 0 Å². The molecule has 2 nitrogen and oxygen atoms in total. The number of hydrogen-bond donors (Lipinski definition) is 1. The summed E-state index contributed by atoms with van der Waals surface area (Å²) < 4.78 is 28.1. The van der Waals surface area contributed by atoms with Gasteiger partial charge in [-0.2, -0.15) is 0 Å². The molecule has 0 heterocycles. The van der Waals surface area contributed by atoms with Gasteiger partial charge in [0.05, 0.1) is 0 Å². The van der Waals surface area contributed by atoms with Crippen molar-refractivity contribution in [2.75, 3.05) is 19.8 Å². The number of rotatable bonds is 10. The zero-order chi connectivity index (χ0) is 10.9. The van der Waals surface area contributed by atoms with E-state index in [0.29, 0.717) is 6.61 Å². The Morgan fingerprint density at radius 1 is 1.13 bits per heavy atom. The molecular formula is C11H21F2NO. The van der Waals surface area contributed by atoms with Gasteiger partial charge in [-0.15, -0.1) is 0 Å². The van der Waals surface area contributed by atoms with Crippen LogP contribution in [0.2, 0.25) is 0 Å². The van der Waals surface area contributed by atoms with Crippen LogP contribution in [0.3, 0.4) is 0 Å². The molecule has 4 heteroatoms. The van der Waals surface area contributed by atoms with Crippen molar-refractivity contribution in [3.63, 3.8) is 0 Å². The molecule has 0 radical (unpaired) electrons. The van der Waals surface area contributed by atoms with Gasteiger partial charge in [0.15, 0.2) is 0 Å². The van der Waals surface area contributed by atoms with Gasteiger partial charge in [0.2, 0.25) is 0 Å². The van der Waals surface area contributed by atoms with Gasteiger partial charge in [0.25, 0.3) is 6.43 Å². The molecule has 0 aromatic carbocycles. The highest BCUT2D eigenvalue weighted by atomic mass is 19.3. The highest BCUT2D eigenvalue weighted by molar-refractivity contribution is 4.80. The fraction of sp³-hybridized carbons (Fsp3) is 1.00. The van der Waals surface area contributed by atoms with E-state index < -0.39 is 13.0 Å². The molecule has 1 N–H and O–H groups in total. The maximum atomic E-state index is 11.7. The van der Waals surface area contributed by atoms with Gasteiger partial charge >= 0.3 is 0 Å². The van der Waals surface area contributed by atoms with Crippen LogP contribution in [0.25, 0.3) is 0 Å². The molecule has 0 spiro atoms. The van der Waals surface area contributed by atoms with Crippen LogP contribution in [0, 0.1) is 0 Å². The van der Waals surface area contributed by atoms with E-state index in [9.17, 15) is 8.78 Å².